The summed E-state index contributed by atoms with van der Waals surface area (Å²) in [5.74, 6) is -0.767. The highest BCUT2D eigenvalue weighted by Crippen LogP contribution is 2.22. The zero-order valence-corrected chi connectivity index (χ0v) is 18.2. The third-order valence-electron chi connectivity index (χ3n) is 3.94. The summed E-state index contributed by atoms with van der Waals surface area (Å²) in [7, 11) is 0. The van der Waals surface area contributed by atoms with Crippen LogP contribution in [0.2, 0.25) is 15.1 Å². The Balaban J connectivity index is 1.67. The van der Waals surface area contributed by atoms with Crippen molar-refractivity contribution in [1.29, 1.82) is 0 Å². The highest BCUT2D eigenvalue weighted by molar-refractivity contribution is 6.31. The van der Waals surface area contributed by atoms with Crippen molar-refractivity contribution in [3.8, 4) is 5.75 Å². The molecule has 0 heterocycles. The summed E-state index contributed by atoms with van der Waals surface area (Å²) >= 11 is 17.7. The third-order valence-corrected chi connectivity index (χ3v) is 4.68. The monoisotopic (exact) mass is 472 g/mol. The molecule has 0 spiro atoms. The molecule has 0 bridgehead atoms. The molecule has 0 radical (unpaired) electrons. The van der Waals surface area contributed by atoms with Gasteiger partial charge in [-0.25, -0.2) is 10.2 Å². The average Bonchev–Trinajstić information content (AvgIpc) is 2.75. The minimum absolute atomic E-state index is 0.236. The molecule has 0 aliphatic heterocycles. The van der Waals surface area contributed by atoms with Crippen molar-refractivity contribution in [1.82, 2.24) is 5.43 Å². The van der Waals surface area contributed by atoms with E-state index in [2.05, 4.69) is 10.5 Å². The predicted octanol–water partition coefficient (Wildman–Crippen LogP) is 6.03. The van der Waals surface area contributed by atoms with E-state index in [-0.39, 0.29) is 5.75 Å². The molecule has 0 aliphatic rings. The van der Waals surface area contributed by atoms with Crippen LogP contribution in [0.5, 0.6) is 5.75 Å². The number of ether oxygens (including phenoxy) is 1. The van der Waals surface area contributed by atoms with Gasteiger partial charge in [0.05, 0.1) is 6.21 Å². The molecule has 0 aromatic heterocycles. The van der Waals surface area contributed by atoms with Crippen LogP contribution in [0.25, 0.3) is 6.08 Å². The van der Waals surface area contributed by atoms with Crippen LogP contribution in [-0.4, -0.2) is 18.1 Å². The molecule has 5 nitrogen and oxygen atoms in total. The van der Waals surface area contributed by atoms with Crippen LogP contribution >= 0.6 is 34.8 Å². The van der Waals surface area contributed by atoms with Gasteiger partial charge in [-0.2, -0.15) is 5.10 Å². The van der Waals surface area contributed by atoms with E-state index >= 15 is 0 Å². The predicted molar refractivity (Wildman–Crippen MR) is 124 cm³/mol. The second-order valence-electron chi connectivity index (χ2n) is 6.19. The first-order valence-corrected chi connectivity index (χ1v) is 10.1. The molecule has 0 saturated heterocycles. The second kappa shape index (κ2) is 10.8. The van der Waals surface area contributed by atoms with Gasteiger partial charge in [0.2, 0.25) is 0 Å². The van der Waals surface area contributed by atoms with E-state index in [1.165, 1.54) is 12.3 Å². The number of hydrazone groups is 1. The summed E-state index contributed by atoms with van der Waals surface area (Å²) in [6.45, 7) is 0. The van der Waals surface area contributed by atoms with Crippen LogP contribution in [0.1, 0.15) is 21.5 Å². The maximum absolute atomic E-state index is 12.2. The topological polar surface area (TPSA) is 67.8 Å². The van der Waals surface area contributed by atoms with Crippen LogP contribution in [0.15, 0.2) is 77.9 Å². The number of carbonyl (C=O) groups excluding carboxylic acids is 2. The van der Waals surface area contributed by atoms with E-state index in [1.54, 1.807) is 72.8 Å². The molecule has 3 aromatic carbocycles. The van der Waals surface area contributed by atoms with Crippen molar-refractivity contribution < 1.29 is 14.3 Å². The van der Waals surface area contributed by atoms with Gasteiger partial charge in [0.25, 0.3) is 5.91 Å². The maximum Gasteiger partial charge on any atom is 0.336 e. The second-order valence-corrected chi connectivity index (χ2v) is 7.50. The molecule has 0 saturated carbocycles. The van der Waals surface area contributed by atoms with Gasteiger partial charge >= 0.3 is 5.97 Å². The third kappa shape index (κ3) is 6.96. The zero-order valence-electron chi connectivity index (χ0n) is 15.9. The number of esters is 1. The van der Waals surface area contributed by atoms with Gasteiger partial charge in [-0.3, -0.25) is 4.79 Å². The van der Waals surface area contributed by atoms with Crippen molar-refractivity contribution in [2.24, 2.45) is 5.10 Å². The molecule has 0 atom stereocenters. The molecule has 3 aromatic rings. The largest absolute Gasteiger partial charge is 0.423 e. The average molecular weight is 474 g/mol. The summed E-state index contributed by atoms with van der Waals surface area (Å²) in [5.41, 5.74) is 4.00. The first kappa shape index (κ1) is 22.6. The number of halogens is 3. The normalized spacial score (nSPS) is 11.1. The lowest BCUT2D eigenvalue weighted by molar-refractivity contribution is -0.128. The van der Waals surface area contributed by atoms with Gasteiger partial charge in [0, 0.05) is 32.3 Å². The molecule has 0 aliphatic carbocycles. The minimum Gasteiger partial charge on any atom is -0.423 e. The lowest BCUT2D eigenvalue weighted by atomic mass is 10.2. The molecule has 3 rings (SSSR count). The standard InChI is InChI=1S/C23H15Cl3N2O3/c24-18-6-1-15(2-7-18)3-12-22(29)31-21-11-10-20(26)13-17(21)14-27-28-23(30)16-4-8-19(25)9-5-16/h1-14H,(H,28,30)/b12-3+,27-14+. The number of hydrogen-bond acceptors (Lipinski definition) is 4. The summed E-state index contributed by atoms with van der Waals surface area (Å²) in [4.78, 5) is 24.3. The van der Waals surface area contributed by atoms with E-state index < -0.39 is 11.9 Å². The summed E-state index contributed by atoms with van der Waals surface area (Å²) in [6.07, 6.45) is 4.24. The molecule has 8 heteroatoms. The number of amides is 1. The summed E-state index contributed by atoms with van der Waals surface area (Å²) < 4.78 is 5.37. The maximum atomic E-state index is 12.2. The fourth-order valence-corrected chi connectivity index (χ4v) is 2.85. The Bertz CT molecular complexity index is 1140. The Morgan fingerprint density at radius 1 is 0.839 bits per heavy atom. The van der Waals surface area contributed by atoms with Gasteiger partial charge < -0.3 is 4.74 Å². The Morgan fingerprint density at radius 2 is 1.45 bits per heavy atom. The molecular formula is C23H15Cl3N2O3. The highest BCUT2D eigenvalue weighted by atomic mass is 35.5. The number of nitrogens with one attached hydrogen (secondary N) is 1. The van der Waals surface area contributed by atoms with Crippen molar-refractivity contribution in [3.63, 3.8) is 0 Å². The van der Waals surface area contributed by atoms with E-state index in [9.17, 15) is 9.59 Å². The first-order chi connectivity index (χ1) is 14.9. The van der Waals surface area contributed by atoms with Crippen molar-refractivity contribution in [2.75, 3.05) is 0 Å². The van der Waals surface area contributed by atoms with Crippen LogP contribution < -0.4 is 10.2 Å². The fraction of sp³-hybridized carbons (Fsp3) is 0. The van der Waals surface area contributed by atoms with Crippen molar-refractivity contribution in [3.05, 3.63) is 105 Å². The smallest absolute Gasteiger partial charge is 0.336 e. The van der Waals surface area contributed by atoms with Crippen LogP contribution in [-0.2, 0) is 4.79 Å². The van der Waals surface area contributed by atoms with Crippen molar-refractivity contribution >= 4 is 59.0 Å². The Hall–Kier alpha value is -3.12. The molecule has 31 heavy (non-hydrogen) atoms. The lowest BCUT2D eigenvalue weighted by Gasteiger charge is -2.06. The van der Waals surface area contributed by atoms with Crippen LogP contribution in [0, 0.1) is 0 Å². The van der Waals surface area contributed by atoms with Gasteiger partial charge in [0.15, 0.2) is 0 Å². The summed E-state index contributed by atoms with van der Waals surface area (Å²) in [6, 6.07) is 18.0. The molecular weight excluding hydrogens is 459 g/mol. The Kier molecular flexibility index (Phi) is 7.84. The van der Waals surface area contributed by atoms with E-state index in [0.717, 1.165) is 5.56 Å². The lowest BCUT2D eigenvalue weighted by Crippen LogP contribution is -2.17. The SMILES string of the molecule is O=C(/C=C/c1ccc(Cl)cc1)Oc1ccc(Cl)cc1/C=N/NC(=O)c1ccc(Cl)cc1. The fourth-order valence-electron chi connectivity index (χ4n) is 2.42. The van der Waals surface area contributed by atoms with Gasteiger partial charge in [-0.15, -0.1) is 0 Å². The number of benzene rings is 3. The van der Waals surface area contributed by atoms with Gasteiger partial charge in [-0.1, -0.05) is 46.9 Å². The Morgan fingerprint density at radius 3 is 2.13 bits per heavy atom. The van der Waals surface area contributed by atoms with Gasteiger partial charge in [-0.05, 0) is 66.2 Å². The molecule has 0 unspecified atom stereocenters. The van der Waals surface area contributed by atoms with E-state index in [0.29, 0.717) is 26.2 Å². The zero-order chi connectivity index (χ0) is 22.2. The Labute approximate surface area is 193 Å². The van der Waals surface area contributed by atoms with E-state index in [4.69, 9.17) is 39.5 Å². The molecule has 0 fully saturated rings. The highest BCUT2D eigenvalue weighted by Gasteiger charge is 2.08. The van der Waals surface area contributed by atoms with Crippen molar-refractivity contribution in [2.45, 2.75) is 0 Å². The van der Waals surface area contributed by atoms with Crippen LogP contribution in [0.3, 0.4) is 0 Å². The number of hydrogen-bond donors (Lipinski definition) is 1. The molecule has 156 valence electrons. The quantitative estimate of drug-likeness (QED) is 0.156. The van der Waals surface area contributed by atoms with Gasteiger partial charge in [0.1, 0.15) is 5.75 Å². The van der Waals surface area contributed by atoms with E-state index in [1.807, 2.05) is 0 Å². The molecule has 1 N–H and O–H groups in total. The number of carbonyl (C=O) groups is 2. The number of nitrogens with zero attached hydrogens (tertiary/aromatic N) is 1. The van der Waals surface area contributed by atoms with Crippen LogP contribution in [0.4, 0.5) is 0 Å². The summed E-state index contributed by atoms with van der Waals surface area (Å²) in [5, 5.41) is 5.46. The minimum atomic E-state index is -0.586. The molecule has 1 amide bonds. The first-order valence-electron chi connectivity index (χ1n) is 8.95. The number of rotatable bonds is 6.